The standard InChI is InChI=1S/C14H11F2NO2/c15-11-3-5-12(6-4-11)19-8-10-2-1-9(14(17)18)7-13(10)16/h1-7H,8H2,(H2,17,18). The lowest BCUT2D eigenvalue weighted by atomic mass is 10.1. The number of halogens is 2. The molecule has 1 amide bonds. The van der Waals surface area contributed by atoms with Crippen molar-refractivity contribution in [3.8, 4) is 5.75 Å². The van der Waals surface area contributed by atoms with Crippen LogP contribution in [0.2, 0.25) is 0 Å². The van der Waals surface area contributed by atoms with Crippen molar-refractivity contribution in [2.75, 3.05) is 0 Å². The van der Waals surface area contributed by atoms with Gasteiger partial charge in [0.05, 0.1) is 0 Å². The Morgan fingerprint density at radius 3 is 2.37 bits per heavy atom. The van der Waals surface area contributed by atoms with Gasteiger partial charge in [-0.1, -0.05) is 6.07 Å². The lowest BCUT2D eigenvalue weighted by molar-refractivity contribution is 0.0999. The van der Waals surface area contributed by atoms with Gasteiger partial charge in [-0.25, -0.2) is 8.78 Å². The van der Waals surface area contributed by atoms with Crippen molar-refractivity contribution in [1.29, 1.82) is 0 Å². The van der Waals surface area contributed by atoms with E-state index in [2.05, 4.69) is 0 Å². The van der Waals surface area contributed by atoms with Crippen LogP contribution in [-0.2, 0) is 6.61 Å². The summed E-state index contributed by atoms with van der Waals surface area (Å²) < 4.78 is 31.6. The summed E-state index contributed by atoms with van der Waals surface area (Å²) in [6.45, 7) is -0.0174. The number of primary amides is 1. The Labute approximate surface area is 108 Å². The van der Waals surface area contributed by atoms with E-state index >= 15 is 0 Å². The maximum atomic E-state index is 13.6. The zero-order valence-corrected chi connectivity index (χ0v) is 9.90. The van der Waals surface area contributed by atoms with Crippen LogP contribution in [0.1, 0.15) is 15.9 Å². The summed E-state index contributed by atoms with van der Waals surface area (Å²) in [7, 11) is 0. The zero-order valence-electron chi connectivity index (χ0n) is 9.90. The Balaban J connectivity index is 2.07. The van der Waals surface area contributed by atoms with Crippen LogP contribution < -0.4 is 10.5 Å². The molecule has 0 radical (unpaired) electrons. The van der Waals surface area contributed by atoms with Gasteiger partial charge in [-0.15, -0.1) is 0 Å². The van der Waals surface area contributed by atoms with Crippen LogP contribution >= 0.6 is 0 Å². The van der Waals surface area contributed by atoms with Crippen molar-refractivity contribution in [2.45, 2.75) is 6.61 Å². The van der Waals surface area contributed by atoms with Crippen molar-refractivity contribution in [3.05, 3.63) is 65.2 Å². The first-order chi connectivity index (χ1) is 9.06. The zero-order chi connectivity index (χ0) is 13.8. The van der Waals surface area contributed by atoms with E-state index < -0.39 is 11.7 Å². The molecule has 19 heavy (non-hydrogen) atoms. The number of amides is 1. The molecule has 0 saturated heterocycles. The van der Waals surface area contributed by atoms with Crippen molar-refractivity contribution in [1.82, 2.24) is 0 Å². The van der Waals surface area contributed by atoms with Gasteiger partial charge >= 0.3 is 0 Å². The molecule has 98 valence electrons. The van der Waals surface area contributed by atoms with Crippen LogP contribution in [0.15, 0.2) is 42.5 Å². The van der Waals surface area contributed by atoms with Gasteiger partial charge < -0.3 is 10.5 Å². The number of nitrogens with two attached hydrogens (primary N) is 1. The largest absolute Gasteiger partial charge is 0.489 e. The molecule has 2 aromatic carbocycles. The normalized spacial score (nSPS) is 10.2. The van der Waals surface area contributed by atoms with Gasteiger partial charge in [-0.3, -0.25) is 4.79 Å². The molecule has 0 aliphatic carbocycles. The average molecular weight is 263 g/mol. The summed E-state index contributed by atoms with van der Waals surface area (Å²) in [5.74, 6) is -1.20. The van der Waals surface area contributed by atoms with Gasteiger partial charge in [0.15, 0.2) is 0 Å². The first kappa shape index (κ1) is 13.0. The third-order valence-electron chi connectivity index (χ3n) is 2.55. The molecule has 0 aliphatic rings. The molecule has 5 heteroatoms. The smallest absolute Gasteiger partial charge is 0.248 e. The summed E-state index contributed by atoms with van der Waals surface area (Å²) in [5.41, 5.74) is 5.43. The van der Waals surface area contributed by atoms with Crippen molar-refractivity contribution in [2.24, 2.45) is 5.73 Å². The Kier molecular flexibility index (Phi) is 3.75. The van der Waals surface area contributed by atoms with E-state index in [4.69, 9.17) is 10.5 Å². The van der Waals surface area contributed by atoms with Gasteiger partial charge in [-0.05, 0) is 36.4 Å². The molecular formula is C14H11F2NO2. The van der Waals surface area contributed by atoms with Gasteiger partial charge in [0.25, 0.3) is 0 Å². The monoisotopic (exact) mass is 263 g/mol. The Hall–Kier alpha value is -2.43. The molecular weight excluding hydrogens is 252 g/mol. The van der Waals surface area contributed by atoms with Gasteiger partial charge in [0, 0.05) is 11.1 Å². The molecule has 0 fully saturated rings. The van der Waals surface area contributed by atoms with E-state index in [0.717, 1.165) is 6.07 Å². The fourth-order valence-corrected chi connectivity index (χ4v) is 1.51. The summed E-state index contributed by atoms with van der Waals surface area (Å²) >= 11 is 0. The van der Waals surface area contributed by atoms with Crippen LogP contribution in [0.25, 0.3) is 0 Å². The lowest BCUT2D eigenvalue weighted by Gasteiger charge is -2.07. The first-order valence-corrected chi connectivity index (χ1v) is 5.53. The van der Waals surface area contributed by atoms with Gasteiger partial charge in [0.1, 0.15) is 24.0 Å². The van der Waals surface area contributed by atoms with Crippen molar-refractivity contribution < 1.29 is 18.3 Å². The minimum Gasteiger partial charge on any atom is -0.489 e. The highest BCUT2D eigenvalue weighted by atomic mass is 19.1. The van der Waals surface area contributed by atoms with E-state index in [-0.39, 0.29) is 23.6 Å². The number of carbonyl (C=O) groups is 1. The van der Waals surface area contributed by atoms with Crippen LogP contribution in [-0.4, -0.2) is 5.91 Å². The molecule has 2 N–H and O–H groups in total. The molecule has 0 aromatic heterocycles. The highest BCUT2D eigenvalue weighted by molar-refractivity contribution is 5.92. The molecule has 0 bridgehead atoms. The Morgan fingerprint density at radius 2 is 1.79 bits per heavy atom. The third kappa shape index (κ3) is 3.28. The molecule has 0 spiro atoms. The SMILES string of the molecule is NC(=O)c1ccc(COc2ccc(F)cc2)c(F)c1. The minimum absolute atomic E-state index is 0.0174. The van der Waals surface area contributed by atoms with E-state index in [9.17, 15) is 13.6 Å². The number of benzene rings is 2. The maximum Gasteiger partial charge on any atom is 0.248 e. The average Bonchev–Trinajstić information content (AvgIpc) is 2.39. The van der Waals surface area contributed by atoms with Crippen LogP contribution in [0.5, 0.6) is 5.75 Å². The van der Waals surface area contributed by atoms with E-state index in [1.54, 1.807) is 0 Å². The van der Waals surface area contributed by atoms with E-state index in [1.165, 1.54) is 36.4 Å². The highest BCUT2D eigenvalue weighted by Gasteiger charge is 2.07. The van der Waals surface area contributed by atoms with Crippen molar-refractivity contribution in [3.63, 3.8) is 0 Å². The fraction of sp³-hybridized carbons (Fsp3) is 0.0714. The molecule has 2 aromatic rings. The second-order valence-corrected chi connectivity index (χ2v) is 3.91. The first-order valence-electron chi connectivity index (χ1n) is 5.53. The molecule has 0 aliphatic heterocycles. The third-order valence-corrected chi connectivity index (χ3v) is 2.55. The number of carbonyl (C=O) groups excluding carboxylic acids is 1. The molecule has 3 nitrogen and oxygen atoms in total. The second kappa shape index (κ2) is 5.48. The van der Waals surface area contributed by atoms with Crippen LogP contribution in [0.3, 0.4) is 0 Å². The number of hydrogen-bond donors (Lipinski definition) is 1. The lowest BCUT2D eigenvalue weighted by Crippen LogP contribution is -2.11. The predicted octanol–water partition coefficient (Wildman–Crippen LogP) is 2.64. The van der Waals surface area contributed by atoms with E-state index in [0.29, 0.717) is 5.75 Å². The topological polar surface area (TPSA) is 52.3 Å². The molecule has 0 atom stereocenters. The predicted molar refractivity (Wildman–Crippen MR) is 65.6 cm³/mol. The van der Waals surface area contributed by atoms with Crippen LogP contribution in [0, 0.1) is 11.6 Å². The van der Waals surface area contributed by atoms with Gasteiger partial charge in [0.2, 0.25) is 5.91 Å². The summed E-state index contributed by atoms with van der Waals surface area (Å²) in [5, 5.41) is 0. The van der Waals surface area contributed by atoms with E-state index in [1.807, 2.05) is 0 Å². The Morgan fingerprint density at radius 1 is 1.11 bits per heavy atom. The molecule has 0 saturated carbocycles. The summed E-state index contributed by atoms with van der Waals surface area (Å²) in [4.78, 5) is 10.9. The summed E-state index contributed by atoms with van der Waals surface area (Å²) in [6.07, 6.45) is 0. The minimum atomic E-state index is -0.690. The molecule has 2 rings (SSSR count). The number of hydrogen-bond acceptors (Lipinski definition) is 2. The van der Waals surface area contributed by atoms with Crippen molar-refractivity contribution >= 4 is 5.91 Å². The quantitative estimate of drug-likeness (QED) is 0.921. The molecule has 0 unspecified atom stereocenters. The van der Waals surface area contributed by atoms with Crippen LogP contribution in [0.4, 0.5) is 8.78 Å². The highest BCUT2D eigenvalue weighted by Crippen LogP contribution is 2.16. The second-order valence-electron chi connectivity index (χ2n) is 3.91. The molecule has 0 heterocycles. The number of ether oxygens (including phenoxy) is 1. The fourth-order valence-electron chi connectivity index (χ4n) is 1.51. The Bertz CT molecular complexity index is 597. The number of rotatable bonds is 4. The maximum absolute atomic E-state index is 13.6. The van der Waals surface area contributed by atoms with Gasteiger partial charge in [-0.2, -0.15) is 0 Å². The summed E-state index contributed by atoms with van der Waals surface area (Å²) in [6, 6.07) is 9.32.